The molecule has 1 N–H and O–H groups in total. The third-order valence-corrected chi connectivity index (χ3v) is 4.46. The Morgan fingerprint density at radius 2 is 1.46 bits per heavy atom. The summed E-state index contributed by atoms with van der Waals surface area (Å²) >= 11 is 0. The number of amides is 1. The van der Waals surface area contributed by atoms with E-state index in [4.69, 9.17) is 0 Å². The minimum absolute atomic E-state index is 0.264. The van der Waals surface area contributed by atoms with Gasteiger partial charge in [-0.3, -0.25) is 4.79 Å². The first-order chi connectivity index (χ1) is 13.8. The van der Waals surface area contributed by atoms with Crippen molar-refractivity contribution in [3.8, 4) is 0 Å². The van der Waals surface area contributed by atoms with Crippen LogP contribution in [0.4, 0.5) is 5.69 Å². The fourth-order valence-corrected chi connectivity index (χ4v) is 3.05. The molecule has 0 atom stereocenters. The van der Waals surface area contributed by atoms with Crippen LogP contribution in [0.25, 0.3) is 0 Å². The highest BCUT2D eigenvalue weighted by atomic mass is 16.2. The summed E-state index contributed by atoms with van der Waals surface area (Å²) in [7, 11) is 0. The van der Waals surface area contributed by atoms with E-state index >= 15 is 0 Å². The second kappa shape index (κ2) is 8.31. The summed E-state index contributed by atoms with van der Waals surface area (Å²) in [5, 5.41) is 11.1. The number of nitrogens with one attached hydrogen (secondary N) is 1. The van der Waals surface area contributed by atoms with Crippen molar-refractivity contribution in [2.24, 2.45) is 0 Å². The minimum atomic E-state index is -0.264. The fraction of sp³-hybridized carbons (Fsp3) is 0.0870. The highest BCUT2D eigenvalue weighted by molar-refractivity contribution is 6.03. The van der Waals surface area contributed by atoms with Crippen LogP contribution in [-0.4, -0.2) is 20.9 Å². The molecule has 3 aromatic carbocycles. The van der Waals surface area contributed by atoms with Crippen molar-refractivity contribution in [3.63, 3.8) is 0 Å². The average molecular weight is 368 g/mol. The Hall–Kier alpha value is -3.73. The van der Waals surface area contributed by atoms with Gasteiger partial charge in [0.15, 0.2) is 5.69 Å². The van der Waals surface area contributed by atoms with Crippen LogP contribution in [0, 0.1) is 0 Å². The lowest BCUT2D eigenvalue weighted by atomic mass is 10.0. The van der Waals surface area contributed by atoms with Crippen LogP contribution in [0.2, 0.25) is 0 Å². The number of hydrogen-bond donors (Lipinski definition) is 1. The maximum absolute atomic E-state index is 12.7. The molecule has 1 heterocycles. The predicted molar refractivity (Wildman–Crippen MR) is 109 cm³/mol. The summed E-state index contributed by atoms with van der Waals surface area (Å²) in [4.78, 5) is 12.7. The molecule has 138 valence electrons. The standard InChI is InChI=1S/C23H20N4O/c28-23(22-17-27(26-25-22)16-19-11-5-2-6-12-19)24-21-14-8-7-13-20(21)15-18-9-3-1-4-10-18/h1-14,17H,15-16H2,(H,24,28). The molecule has 28 heavy (non-hydrogen) atoms. The van der Waals surface area contributed by atoms with Crippen LogP contribution in [0.15, 0.2) is 91.1 Å². The normalized spacial score (nSPS) is 10.6. The van der Waals surface area contributed by atoms with Gasteiger partial charge >= 0.3 is 0 Å². The van der Waals surface area contributed by atoms with Crippen LogP contribution in [0.1, 0.15) is 27.2 Å². The van der Waals surface area contributed by atoms with Gasteiger partial charge in [0.2, 0.25) is 0 Å². The van der Waals surface area contributed by atoms with E-state index in [0.29, 0.717) is 12.2 Å². The minimum Gasteiger partial charge on any atom is -0.320 e. The maximum Gasteiger partial charge on any atom is 0.277 e. The SMILES string of the molecule is O=C(Nc1ccccc1Cc1ccccc1)c1cn(Cc2ccccc2)nn1. The monoisotopic (exact) mass is 368 g/mol. The Labute approximate surface area is 163 Å². The molecular weight excluding hydrogens is 348 g/mol. The van der Waals surface area contributed by atoms with Gasteiger partial charge in [-0.1, -0.05) is 84.1 Å². The van der Waals surface area contributed by atoms with Crippen molar-refractivity contribution in [1.82, 2.24) is 15.0 Å². The van der Waals surface area contributed by atoms with E-state index < -0.39 is 0 Å². The van der Waals surface area contributed by atoms with Crippen LogP contribution in [-0.2, 0) is 13.0 Å². The van der Waals surface area contributed by atoms with Gasteiger partial charge in [-0.15, -0.1) is 5.10 Å². The second-order valence-corrected chi connectivity index (χ2v) is 6.56. The first-order valence-electron chi connectivity index (χ1n) is 9.15. The first kappa shape index (κ1) is 17.7. The molecule has 0 spiro atoms. The summed E-state index contributed by atoms with van der Waals surface area (Å²) < 4.78 is 1.67. The van der Waals surface area contributed by atoms with Crippen molar-refractivity contribution in [2.75, 3.05) is 5.32 Å². The van der Waals surface area contributed by atoms with Crippen molar-refractivity contribution in [1.29, 1.82) is 0 Å². The number of benzene rings is 3. The summed E-state index contributed by atoms with van der Waals surface area (Å²) in [6.07, 6.45) is 2.42. The predicted octanol–water partition coefficient (Wildman–Crippen LogP) is 4.17. The number of anilines is 1. The maximum atomic E-state index is 12.7. The smallest absolute Gasteiger partial charge is 0.277 e. The third-order valence-electron chi connectivity index (χ3n) is 4.46. The molecule has 4 rings (SSSR count). The van der Waals surface area contributed by atoms with Crippen LogP contribution in [0.5, 0.6) is 0 Å². The number of hydrogen-bond acceptors (Lipinski definition) is 3. The van der Waals surface area contributed by atoms with E-state index in [-0.39, 0.29) is 5.91 Å². The van der Waals surface area contributed by atoms with Crippen LogP contribution < -0.4 is 5.32 Å². The lowest BCUT2D eigenvalue weighted by molar-refractivity contribution is 0.102. The molecule has 1 aromatic heterocycles. The molecule has 0 aliphatic heterocycles. The zero-order valence-corrected chi connectivity index (χ0v) is 15.3. The highest BCUT2D eigenvalue weighted by Gasteiger charge is 2.13. The quantitative estimate of drug-likeness (QED) is 0.556. The Balaban J connectivity index is 1.47. The summed E-state index contributed by atoms with van der Waals surface area (Å²) in [6.45, 7) is 0.575. The zero-order chi connectivity index (χ0) is 19.2. The van der Waals surface area contributed by atoms with Crippen molar-refractivity contribution in [2.45, 2.75) is 13.0 Å². The Morgan fingerprint density at radius 1 is 0.821 bits per heavy atom. The average Bonchev–Trinajstić information content (AvgIpc) is 3.20. The first-order valence-corrected chi connectivity index (χ1v) is 9.15. The van der Waals surface area contributed by atoms with E-state index in [1.165, 1.54) is 5.56 Å². The molecule has 0 saturated carbocycles. The molecule has 1 amide bonds. The molecule has 0 unspecified atom stereocenters. The Morgan fingerprint density at radius 3 is 2.21 bits per heavy atom. The Kier molecular flexibility index (Phi) is 5.24. The third kappa shape index (κ3) is 4.32. The number of para-hydroxylation sites is 1. The summed E-state index contributed by atoms with van der Waals surface area (Å²) in [6, 6.07) is 28.0. The number of rotatable bonds is 6. The summed E-state index contributed by atoms with van der Waals surface area (Å²) in [5.74, 6) is -0.264. The molecule has 0 fully saturated rings. The number of carbonyl (C=O) groups excluding carboxylic acids is 1. The van der Waals surface area contributed by atoms with Crippen LogP contribution >= 0.6 is 0 Å². The topological polar surface area (TPSA) is 59.8 Å². The van der Waals surface area contributed by atoms with Gasteiger partial charge in [0.1, 0.15) is 0 Å². The fourth-order valence-electron chi connectivity index (χ4n) is 3.05. The molecule has 5 nitrogen and oxygen atoms in total. The van der Waals surface area contributed by atoms with Gasteiger partial charge < -0.3 is 5.32 Å². The zero-order valence-electron chi connectivity index (χ0n) is 15.3. The molecule has 0 aliphatic carbocycles. The largest absolute Gasteiger partial charge is 0.320 e. The van der Waals surface area contributed by atoms with Crippen molar-refractivity contribution >= 4 is 11.6 Å². The number of aromatic nitrogens is 3. The van der Waals surface area contributed by atoms with E-state index in [0.717, 1.165) is 23.2 Å². The van der Waals surface area contributed by atoms with E-state index in [2.05, 4.69) is 27.8 Å². The summed E-state index contributed by atoms with van der Waals surface area (Å²) in [5.41, 5.74) is 4.43. The lowest BCUT2D eigenvalue weighted by Crippen LogP contribution is -2.14. The molecular formula is C23H20N4O. The van der Waals surface area contributed by atoms with E-state index in [1.54, 1.807) is 10.9 Å². The molecule has 5 heteroatoms. The van der Waals surface area contributed by atoms with Gasteiger partial charge in [0.05, 0.1) is 12.7 Å². The number of nitrogens with zero attached hydrogens (tertiary/aromatic N) is 3. The molecule has 0 bridgehead atoms. The van der Waals surface area contributed by atoms with E-state index in [1.807, 2.05) is 72.8 Å². The number of carbonyl (C=O) groups is 1. The Bertz CT molecular complexity index is 1060. The highest BCUT2D eigenvalue weighted by Crippen LogP contribution is 2.19. The van der Waals surface area contributed by atoms with E-state index in [9.17, 15) is 4.79 Å². The van der Waals surface area contributed by atoms with Gasteiger partial charge in [0.25, 0.3) is 5.91 Å². The van der Waals surface area contributed by atoms with Crippen molar-refractivity contribution in [3.05, 3.63) is 114 Å². The van der Waals surface area contributed by atoms with Gasteiger partial charge in [-0.05, 0) is 29.2 Å². The molecule has 0 saturated heterocycles. The van der Waals surface area contributed by atoms with Gasteiger partial charge in [-0.25, -0.2) is 4.68 Å². The van der Waals surface area contributed by atoms with Crippen molar-refractivity contribution < 1.29 is 4.79 Å². The van der Waals surface area contributed by atoms with Gasteiger partial charge in [0, 0.05) is 5.69 Å². The van der Waals surface area contributed by atoms with Gasteiger partial charge in [-0.2, -0.15) is 0 Å². The molecule has 0 radical (unpaired) electrons. The lowest BCUT2D eigenvalue weighted by Gasteiger charge is -2.10. The molecule has 0 aliphatic rings. The molecule has 4 aromatic rings. The second-order valence-electron chi connectivity index (χ2n) is 6.56. The van der Waals surface area contributed by atoms with Crippen LogP contribution in [0.3, 0.4) is 0 Å².